The number of ether oxygens (including phenoxy) is 1. The van der Waals surface area contributed by atoms with Crippen molar-refractivity contribution in [3.05, 3.63) is 42.5 Å². The third-order valence-electron chi connectivity index (χ3n) is 2.38. The number of hydrogen-bond donors (Lipinski definition) is 1. The topological polar surface area (TPSA) is 29.5 Å². The maximum absolute atomic E-state index is 9.87. The second-order valence-corrected chi connectivity index (χ2v) is 3.19. The second kappa shape index (κ2) is 3.23. The van der Waals surface area contributed by atoms with Gasteiger partial charge in [-0.3, -0.25) is 0 Å². The first kappa shape index (κ1) is 8.32. The first-order valence-electron chi connectivity index (χ1n) is 4.35. The molecule has 2 rings (SSSR count). The van der Waals surface area contributed by atoms with Crippen LogP contribution in [-0.2, 0) is 0 Å². The van der Waals surface area contributed by atoms with Crippen molar-refractivity contribution in [2.24, 2.45) is 5.92 Å². The van der Waals surface area contributed by atoms with Crippen molar-refractivity contribution in [1.82, 2.24) is 0 Å². The van der Waals surface area contributed by atoms with Crippen LogP contribution in [0.2, 0.25) is 0 Å². The van der Waals surface area contributed by atoms with E-state index in [4.69, 9.17) is 4.74 Å². The van der Waals surface area contributed by atoms with E-state index in [9.17, 15) is 5.11 Å². The molecule has 2 atom stereocenters. The van der Waals surface area contributed by atoms with Crippen molar-refractivity contribution in [1.29, 1.82) is 0 Å². The van der Waals surface area contributed by atoms with E-state index in [0.29, 0.717) is 6.61 Å². The lowest BCUT2D eigenvalue weighted by molar-refractivity contribution is 0.0747. The van der Waals surface area contributed by atoms with Gasteiger partial charge in [0.05, 0.1) is 12.7 Å². The number of hydrogen-bond acceptors (Lipinski definition) is 2. The fourth-order valence-corrected chi connectivity index (χ4v) is 1.56. The van der Waals surface area contributed by atoms with Gasteiger partial charge in [0.25, 0.3) is 0 Å². The Hall–Kier alpha value is -1.28. The molecule has 0 bridgehead atoms. The summed E-state index contributed by atoms with van der Waals surface area (Å²) in [6.45, 7) is 4.18. The summed E-state index contributed by atoms with van der Waals surface area (Å²) in [5.41, 5.74) is 0.860. The Kier molecular flexibility index (Phi) is 2.07. The van der Waals surface area contributed by atoms with E-state index < -0.39 is 6.10 Å². The lowest BCUT2D eigenvalue weighted by atomic mass is 9.93. The molecule has 13 heavy (non-hydrogen) atoms. The molecule has 0 saturated carbocycles. The third-order valence-corrected chi connectivity index (χ3v) is 2.38. The molecule has 1 heterocycles. The third kappa shape index (κ3) is 1.33. The monoisotopic (exact) mass is 176 g/mol. The first-order chi connectivity index (χ1) is 6.33. The first-order valence-corrected chi connectivity index (χ1v) is 4.35. The van der Waals surface area contributed by atoms with E-state index in [1.165, 1.54) is 0 Å². The van der Waals surface area contributed by atoms with E-state index in [1.807, 2.05) is 24.3 Å². The van der Waals surface area contributed by atoms with E-state index in [1.54, 1.807) is 6.08 Å². The summed E-state index contributed by atoms with van der Waals surface area (Å²) >= 11 is 0. The Morgan fingerprint density at radius 2 is 2.23 bits per heavy atom. The minimum Gasteiger partial charge on any atom is -0.492 e. The molecular weight excluding hydrogens is 164 g/mol. The van der Waals surface area contributed by atoms with Crippen molar-refractivity contribution < 1.29 is 9.84 Å². The van der Waals surface area contributed by atoms with Gasteiger partial charge in [-0.25, -0.2) is 0 Å². The van der Waals surface area contributed by atoms with Crippen LogP contribution in [0.25, 0.3) is 0 Å². The van der Waals surface area contributed by atoms with Crippen molar-refractivity contribution >= 4 is 0 Å². The zero-order chi connectivity index (χ0) is 9.26. The van der Waals surface area contributed by atoms with Gasteiger partial charge in [-0.1, -0.05) is 24.3 Å². The summed E-state index contributed by atoms with van der Waals surface area (Å²) in [5.74, 6) is 0.794. The van der Waals surface area contributed by atoms with Gasteiger partial charge in [0.15, 0.2) is 0 Å². The molecule has 0 amide bonds. The summed E-state index contributed by atoms with van der Waals surface area (Å²) in [5, 5.41) is 9.87. The van der Waals surface area contributed by atoms with Gasteiger partial charge in [0.1, 0.15) is 5.75 Å². The molecule has 0 aromatic heterocycles. The molecule has 0 saturated heterocycles. The largest absolute Gasteiger partial charge is 0.492 e. The molecule has 1 aliphatic rings. The highest BCUT2D eigenvalue weighted by atomic mass is 16.5. The minimum absolute atomic E-state index is 0.00917. The lowest BCUT2D eigenvalue weighted by Crippen LogP contribution is -2.23. The van der Waals surface area contributed by atoms with Crippen molar-refractivity contribution in [3.8, 4) is 5.75 Å². The zero-order valence-electron chi connectivity index (χ0n) is 7.31. The second-order valence-electron chi connectivity index (χ2n) is 3.19. The number of rotatable bonds is 1. The van der Waals surface area contributed by atoms with Gasteiger partial charge < -0.3 is 9.84 Å². The highest BCUT2D eigenvalue weighted by Gasteiger charge is 2.26. The van der Waals surface area contributed by atoms with Crippen LogP contribution in [0.5, 0.6) is 5.75 Å². The van der Waals surface area contributed by atoms with Gasteiger partial charge in [-0.05, 0) is 6.07 Å². The van der Waals surface area contributed by atoms with Crippen LogP contribution in [0.4, 0.5) is 0 Å². The maximum Gasteiger partial charge on any atom is 0.125 e. The van der Waals surface area contributed by atoms with Gasteiger partial charge >= 0.3 is 0 Å². The lowest BCUT2D eigenvalue weighted by Gasteiger charge is -2.27. The Balaban J connectivity index is 2.38. The average Bonchev–Trinajstić information content (AvgIpc) is 2.19. The summed E-state index contributed by atoms with van der Waals surface area (Å²) in [7, 11) is 0. The van der Waals surface area contributed by atoms with Crippen LogP contribution in [-0.4, -0.2) is 11.7 Å². The normalized spacial score (nSPS) is 25.9. The molecule has 0 radical (unpaired) electrons. The van der Waals surface area contributed by atoms with E-state index in [0.717, 1.165) is 11.3 Å². The van der Waals surface area contributed by atoms with E-state index in [-0.39, 0.29) is 5.92 Å². The van der Waals surface area contributed by atoms with Gasteiger partial charge in [0.2, 0.25) is 0 Å². The Morgan fingerprint density at radius 3 is 3.00 bits per heavy atom. The van der Waals surface area contributed by atoms with Crippen LogP contribution in [0.1, 0.15) is 11.7 Å². The van der Waals surface area contributed by atoms with E-state index in [2.05, 4.69) is 6.58 Å². The Bertz CT molecular complexity index is 320. The number of fused-ring (bicyclic) bond motifs is 1. The molecule has 0 aliphatic carbocycles. The predicted molar refractivity (Wildman–Crippen MR) is 50.6 cm³/mol. The molecule has 2 heteroatoms. The highest BCUT2D eigenvalue weighted by molar-refractivity contribution is 5.37. The number of aliphatic hydroxyl groups is 1. The molecule has 1 N–H and O–H groups in total. The van der Waals surface area contributed by atoms with Crippen LogP contribution in [0.3, 0.4) is 0 Å². The summed E-state index contributed by atoms with van der Waals surface area (Å²) in [6.07, 6.45) is 1.27. The fraction of sp³-hybridized carbons (Fsp3) is 0.273. The molecule has 0 unspecified atom stereocenters. The molecule has 68 valence electrons. The van der Waals surface area contributed by atoms with Crippen LogP contribution >= 0.6 is 0 Å². The SMILES string of the molecule is C=C[C@@H]1COc2ccccc2[C@H]1O. The fourth-order valence-electron chi connectivity index (χ4n) is 1.56. The molecule has 1 aromatic rings. The summed E-state index contributed by atoms with van der Waals surface area (Å²) < 4.78 is 5.47. The summed E-state index contributed by atoms with van der Waals surface area (Å²) in [6, 6.07) is 7.56. The highest BCUT2D eigenvalue weighted by Crippen LogP contribution is 2.35. The van der Waals surface area contributed by atoms with Crippen molar-refractivity contribution in [3.63, 3.8) is 0 Å². The van der Waals surface area contributed by atoms with Crippen molar-refractivity contribution in [2.45, 2.75) is 6.10 Å². The van der Waals surface area contributed by atoms with Gasteiger partial charge in [-0.15, -0.1) is 6.58 Å². The van der Waals surface area contributed by atoms with Crippen LogP contribution in [0, 0.1) is 5.92 Å². The quantitative estimate of drug-likeness (QED) is 0.662. The maximum atomic E-state index is 9.87. The number of benzene rings is 1. The zero-order valence-corrected chi connectivity index (χ0v) is 7.31. The predicted octanol–water partition coefficient (Wildman–Crippen LogP) is 1.91. The van der Waals surface area contributed by atoms with E-state index >= 15 is 0 Å². The Labute approximate surface area is 77.5 Å². The molecule has 1 aromatic carbocycles. The molecule has 0 spiro atoms. The minimum atomic E-state index is -0.470. The standard InChI is InChI=1S/C11H12O2/c1-2-8-7-13-10-6-4-3-5-9(10)11(8)12/h2-6,8,11-12H,1,7H2/t8-,11+/m1/s1. The number of aliphatic hydroxyl groups excluding tert-OH is 1. The van der Waals surface area contributed by atoms with Crippen molar-refractivity contribution in [2.75, 3.05) is 6.61 Å². The molecule has 0 fully saturated rings. The molecule has 2 nitrogen and oxygen atoms in total. The molecular formula is C11H12O2. The summed E-state index contributed by atoms with van der Waals surface area (Å²) in [4.78, 5) is 0. The Morgan fingerprint density at radius 1 is 1.46 bits per heavy atom. The van der Waals surface area contributed by atoms with Crippen LogP contribution < -0.4 is 4.74 Å². The van der Waals surface area contributed by atoms with Gasteiger partial charge in [-0.2, -0.15) is 0 Å². The van der Waals surface area contributed by atoms with Gasteiger partial charge in [0, 0.05) is 11.5 Å². The number of para-hydroxylation sites is 1. The average molecular weight is 176 g/mol. The smallest absolute Gasteiger partial charge is 0.125 e. The van der Waals surface area contributed by atoms with Crippen LogP contribution in [0.15, 0.2) is 36.9 Å². The molecule has 1 aliphatic heterocycles.